The SMILES string of the molecule is CCCCNC(=S)NC1CCC1. The van der Waals surface area contributed by atoms with E-state index >= 15 is 0 Å². The Labute approximate surface area is 80.1 Å². The fraction of sp³-hybridized carbons (Fsp3) is 0.889. The Hall–Kier alpha value is -0.310. The first-order valence-electron chi connectivity index (χ1n) is 4.87. The highest BCUT2D eigenvalue weighted by molar-refractivity contribution is 7.80. The molecule has 0 atom stereocenters. The van der Waals surface area contributed by atoms with Crippen molar-refractivity contribution < 1.29 is 0 Å². The van der Waals surface area contributed by atoms with Crippen LogP contribution in [0.3, 0.4) is 0 Å². The van der Waals surface area contributed by atoms with Crippen LogP contribution in [0.4, 0.5) is 0 Å². The maximum absolute atomic E-state index is 5.12. The van der Waals surface area contributed by atoms with Gasteiger partial charge in [0, 0.05) is 12.6 Å². The summed E-state index contributed by atoms with van der Waals surface area (Å²) in [5, 5.41) is 7.34. The Morgan fingerprint density at radius 1 is 1.50 bits per heavy atom. The van der Waals surface area contributed by atoms with Gasteiger partial charge in [0.05, 0.1) is 0 Å². The van der Waals surface area contributed by atoms with E-state index in [9.17, 15) is 0 Å². The molecule has 3 heteroatoms. The molecule has 0 amide bonds. The minimum absolute atomic E-state index is 0.659. The van der Waals surface area contributed by atoms with Gasteiger partial charge < -0.3 is 10.6 Å². The maximum Gasteiger partial charge on any atom is 0.166 e. The second-order valence-electron chi connectivity index (χ2n) is 3.38. The average molecular weight is 186 g/mol. The van der Waals surface area contributed by atoms with Crippen LogP contribution < -0.4 is 10.6 Å². The lowest BCUT2D eigenvalue weighted by Gasteiger charge is -2.27. The van der Waals surface area contributed by atoms with Gasteiger partial charge in [-0.15, -0.1) is 0 Å². The normalized spacial score (nSPS) is 16.8. The van der Waals surface area contributed by atoms with Crippen molar-refractivity contribution in [3.8, 4) is 0 Å². The van der Waals surface area contributed by atoms with Gasteiger partial charge in [-0.05, 0) is 37.9 Å². The first-order valence-corrected chi connectivity index (χ1v) is 5.28. The van der Waals surface area contributed by atoms with E-state index in [1.807, 2.05) is 0 Å². The van der Waals surface area contributed by atoms with Crippen LogP contribution in [0.15, 0.2) is 0 Å². The predicted octanol–water partition coefficient (Wildman–Crippen LogP) is 1.80. The lowest BCUT2D eigenvalue weighted by atomic mass is 9.93. The van der Waals surface area contributed by atoms with Gasteiger partial charge in [-0.1, -0.05) is 13.3 Å². The predicted molar refractivity (Wildman–Crippen MR) is 56.3 cm³/mol. The van der Waals surface area contributed by atoms with Gasteiger partial charge in [0.25, 0.3) is 0 Å². The van der Waals surface area contributed by atoms with Gasteiger partial charge in [-0.3, -0.25) is 0 Å². The van der Waals surface area contributed by atoms with Crippen molar-refractivity contribution in [1.29, 1.82) is 0 Å². The molecule has 1 aliphatic carbocycles. The summed E-state index contributed by atoms with van der Waals surface area (Å²) < 4.78 is 0. The molecule has 1 fully saturated rings. The molecule has 0 bridgehead atoms. The van der Waals surface area contributed by atoms with Gasteiger partial charge >= 0.3 is 0 Å². The van der Waals surface area contributed by atoms with Crippen LogP contribution >= 0.6 is 12.2 Å². The zero-order valence-electron chi connectivity index (χ0n) is 7.73. The molecule has 0 radical (unpaired) electrons. The van der Waals surface area contributed by atoms with Crippen LogP contribution in [0.25, 0.3) is 0 Å². The number of hydrogen-bond donors (Lipinski definition) is 2. The molecule has 0 heterocycles. The topological polar surface area (TPSA) is 24.1 Å². The number of nitrogens with one attached hydrogen (secondary N) is 2. The Morgan fingerprint density at radius 2 is 2.25 bits per heavy atom. The minimum Gasteiger partial charge on any atom is -0.363 e. The summed E-state index contributed by atoms with van der Waals surface area (Å²) in [7, 11) is 0. The Balaban J connectivity index is 1.95. The molecule has 0 aromatic carbocycles. The molecule has 2 N–H and O–H groups in total. The van der Waals surface area contributed by atoms with Crippen molar-refractivity contribution >= 4 is 17.3 Å². The molecule has 0 aromatic rings. The van der Waals surface area contributed by atoms with E-state index in [-0.39, 0.29) is 0 Å². The van der Waals surface area contributed by atoms with E-state index in [4.69, 9.17) is 12.2 Å². The third-order valence-electron chi connectivity index (χ3n) is 2.26. The molecular formula is C9H18N2S. The van der Waals surface area contributed by atoms with Crippen molar-refractivity contribution in [1.82, 2.24) is 10.6 Å². The largest absolute Gasteiger partial charge is 0.363 e. The van der Waals surface area contributed by atoms with Crippen LogP contribution in [0, 0.1) is 0 Å². The fourth-order valence-corrected chi connectivity index (χ4v) is 1.44. The van der Waals surface area contributed by atoms with Crippen molar-refractivity contribution in [2.45, 2.75) is 45.1 Å². The molecular weight excluding hydrogens is 168 g/mol. The van der Waals surface area contributed by atoms with E-state index in [1.54, 1.807) is 0 Å². The van der Waals surface area contributed by atoms with E-state index < -0.39 is 0 Å². The summed E-state index contributed by atoms with van der Waals surface area (Å²) >= 11 is 5.12. The average Bonchev–Trinajstić information content (AvgIpc) is 1.98. The molecule has 0 saturated heterocycles. The summed E-state index contributed by atoms with van der Waals surface area (Å²) in [5.74, 6) is 0. The molecule has 1 aliphatic rings. The zero-order valence-corrected chi connectivity index (χ0v) is 8.54. The number of hydrogen-bond acceptors (Lipinski definition) is 1. The van der Waals surface area contributed by atoms with Gasteiger partial charge in [0.1, 0.15) is 0 Å². The van der Waals surface area contributed by atoms with E-state index in [0.717, 1.165) is 11.7 Å². The highest BCUT2D eigenvalue weighted by Gasteiger charge is 2.17. The minimum atomic E-state index is 0.659. The third kappa shape index (κ3) is 3.39. The lowest BCUT2D eigenvalue weighted by Crippen LogP contribution is -2.45. The Morgan fingerprint density at radius 3 is 2.75 bits per heavy atom. The standard InChI is InChI=1S/C9H18N2S/c1-2-3-7-10-9(12)11-8-5-4-6-8/h8H,2-7H2,1H3,(H2,10,11,12). The van der Waals surface area contributed by atoms with E-state index in [1.165, 1.54) is 32.1 Å². The second-order valence-corrected chi connectivity index (χ2v) is 3.79. The molecule has 1 rings (SSSR count). The molecule has 12 heavy (non-hydrogen) atoms. The van der Waals surface area contributed by atoms with Crippen molar-refractivity contribution in [2.24, 2.45) is 0 Å². The molecule has 0 aliphatic heterocycles. The number of unbranched alkanes of at least 4 members (excludes halogenated alkanes) is 1. The fourth-order valence-electron chi connectivity index (χ4n) is 1.17. The molecule has 70 valence electrons. The zero-order chi connectivity index (χ0) is 8.81. The lowest BCUT2D eigenvalue weighted by molar-refractivity contribution is 0.382. The first-order chi connectivity index (χ1) is 5.83. The van der Waals surface area contributed by atoms with Gasteiger partial charge in [-0.2, -0.15) is 0 Å². The maximum atomic E-state index is 5.12. The van der Waals surface area contributed by atoms with Crippen molar-refractivity contribution in [3.05, 3.63) is 0 Å². The van der Waals surface area contributed by atoms with Crippen LogP contribution in [0.5, 0.6) is 0 Å². The third-order valence-corrected chi connectivity index (χ3v) is 2.52. The van der Waals surface area contributed by atoms with Crippen molar-refractivity contribution in [3.63, 3.8) is 0 Å². The molecule has 0 aromatic heterocycles. The van der Waals surface area contributed by atoms with Crippen LogP contribution in [0.1, 0.15) is 39.0 Å². The quantitative estimate of drug-likeness (QED) is 0.517. The van der Waals surface area contributed by atoms with Crippen LogP contribution in [-0.4, -0.2) is 17.7 Å². The molecule has 2 nitrogen and oxygen atoms in total. The van der Waals surface area contributed by atoms with Crippen molar-refractivity contribution in [2.75, 3.05) is 6.54 Å². The van der Waals surface area contributed by atoms with Gasteiger partial charge in [0.15, 0.2) is 5.11 Å². The molecule has 1 saturated carbocycles. The monoisotopic (exact) mass is 186 g/mol. The van der Waals surface area contributed by atoms with Gasteiger partial charge in [0.2, 0.25) is 0 Å². The Kier molecular flexibility index (Phi) is 4.36. The van der Waals surface area contributed by atoms with E-state index in [2.05, 4.69) is 17.6 Å². The Bertz CT molecular complexity index is 143. The second kappa shape index (κ2) is 5.36. The summed E-state index contributed by atoms with van der Waals surface area (Å²) in [6, 6.07) is 0.659. The highest BCUT2D eigenvalue weighted by Crippen LogP contribution is 2.17. The van der Waals surface area contributed by atoms with E-state index in [0.29, 0.717) is 6.04 Å². The molecule has 0 spiro atoms. The number of rotatable bonds is 4. The van der Waals surface area contributed by atoms with Crippen LogP contribution in [0.2, 0.25) is 0 Å². The van der Waals surface area contributed by atoms with Crippen LogP contribution in [-0.2, 0) is 0 Å². The number of thiocarbonyl (C=S) groups is 1. The summed E-state index contributed by atoms with van der Waals surface area (Å²) in [4.78, 5) is 0. The summed E-state index contributed by atoms with van der Waals surface area (Å²) in [6.07, 6.45) is 6.35. The highest BCUT2D eigenvalue weighted by atomic mass is 32.1. The van der Waals surface area contributed by atoms with Gasteiger partial charge in [-0.25, -0.2) is 0 Å². The smallest absolute Gasteiger partial charge is 0.166 e. The summed E-state index contributed by atoms with van der Waals surface area (Å²) in [6.45, 7) is 3.19. The molecule has 0 unspecified atom stereocenters. The summed E-state index contributed by atoms with van der Waals surface area (Å²) in [5.41, 5.74) is 0. The first kappa shape index (κ1) is 9.78.